The Morgan fingerprint density at radius 2 is 1.51 bits per heavy atom. The van der Waals surface area contributed by atoms with Gasteiger partial charge in [-0.25, -0.2) is 0 Å². The number of terminal acetylenes is 1. The molecule has 0 saturated heterocycles. The van der Waals surface area contributed by atoms with E-state index < -0.39 is 0 Å². The third kappa shape index (κ3) is 15.4. The Morgan fingerprint density at radius 3 is 2.06 bits per heavy atom. The second-order valence-corrected chi connectivity index (χ2v) is 9.59. The Morgan fingerprint density at radius 1 is 0.898 bits per heavy atom. The number of aromatic nitrogens is 2. The average molecular weight is 686 g/mol. The van der Waals surface area contributed by atoms with Crippen LogP contribution in [0, 0.1) is 19.8 Å². The third-order valence-corrected chi connectivity index (χ3v) is 6.83. The molecular formula is C42H56ClN3O3. The minimum atomic E-state index is 0.507. The molecule has 4 aromatic rings. The van der Waals surface area contributed by atoms with Crippen LogP contribution in [0.4, 0.5) is 0 Å². The summed E-state index contributed by atoms with van der Waals surface area (Å²) in [4.78, 5) is 21.7. The topological polar surface area (TPSA) is 87.2 Å². The first kappa shape index (κ1) is 46.4. The van der Waals surface area contributed by atoms with Gasteiger partial charge in [0.1, 0.15) is 18.1 Å². The van der Waals surface area contributed by atoms with Crippen molar-refractivity contribution in [3.63, 3.8) is 0 Å². The highest BCUT2D eigenvalue weighted by Gasteiger charge is 2.24. The van der Waals surface area contributed by atoms with E-state index in [2.05, 4.69) is 48.8 Å². The first-order chi connectivity index (χ1) is 24.0. The number of hydrogen-bond acceptors (Lipinski definition) is 5. The molecule has 1 aliphatic rings. The molecule has 2 N–H and O–H groups in total. The number of allylic oxidation sites excluding steroid dienone is 3. The second kappa shape index (κ2) is 29.4. The zero-order valence-electron chi connectivity index (χ0n) is 30.9. The predicted molar refractivity (Wildman–Crippen MR) is 210 cm³/mol. The van der Waals surface area contributed by atoms with Crippen LogP contribution in [0.2, 0.25) is 5.02 Å². The standard InChI is InChI=1S/C26H26N2O2.C7H5ClO.3C2H6.C2H2.CH5N/c1-3-22(30-18-20-8-5-4-6-9-20)10-7-15-28-26-23(25(17-29)27-28)14-13-21-12-11-19(2)16-24(21)26;8-7-4-2-1-3-6(7)5-9;5*1-2/h3-12,16-17H,13-15,18H2,1-2H3;1-5H;3*1-2H3;1-2H;2H2,1H3/b10-7-,22-3+;;;;;;. The van der Waals surface area contributed by atoms with Crippen LogP contribution < -0.4 is 5.73 Å². The molecule has 0 radical (unpaired) electrons. The van der Waals surface area contributed by atoms with Crippen LogP contribution in [0.15, 0.2) is 96.8 Å². The fourth-order valence-electron chi connectivity index (χ4n) is 4.49. The summed E-state index contributed by atoms with van der Waals surface area (Å²) in [6, 6.07) is 23.6. The van der Waals surface area contributed by atoms with Crippen LogP contribution >= 0.6 is 11.6 Å². The zero-order valence-corrected chi connectivity index (χ0v) is 31.6. The van der Waals surface area contributed by atoms with Crippen molar-refractivity contribution in [3.8, 4) is 24.1 Å². The molecule has 49 heavy (non-hydrogen) atoms. The normalized spacial score (nSPS) is 10.3. The van der Waals surface area contributed by atoms with Crippen molar-refractivity contribution in [1.82, 2.24) is 9.78 Å². The zero-order chi connectivity index (χ0) is 37.6. The van der Waals surface area contributed by atoms with Gasteiger partial charge >= 0.3 is 0 Å². The van der Waals surface area contributed by atoms with Gasteiger partial charge in [0.25, 0.3) is 0 Å². The number of benzene rings is 3. The largest absolute Gasteiger partial charge is 0.489 e. The van der Waals surface area contributed by atoms with E-state index in [0.29, 0.717) is 29.4 Å². The summed E-state index contributed by atoms with van der Waals surface area (Å²) in [5.74, 6) is 0.812. The highest BCUT2D eigenvalue weighted by Crippen LogP contribution is 2.35. The van der Waals surface area contributed by atoms with Gasteiger partial charge < -0.3 is 10.5 Å². The van der Waals surface area contributed by atoms with Crippen molar-refractivity contribution in [2.75, 3.05) is 7.05 Å². The van der Waals surface area contributed by atoms with E-state index in [1.165, 1.54) is 23.7 Å². The molecule has 1 aliphatic carbocycles. The number of rotatable bonds is 8. The molecule has 0 bridgehead atoms. The third-order valence-electron chi connectivity index (χ3n) is 6.48. The number of carbonyl (C=O) groups excluding carboxylic acids is 2. The number of ether oxygens (including phenoxy) is 1. The Bertz CT molecular complexity index is 1550. The highest BCUT2D eigenvalue weighted by atomic mass is 35.5. The molecule has 5 rings (SSSR count). The smallest absolute Gasteiger partial charge is 0.170 e. The maximum absolute atomic E-state index is 11.6. The molecule has 3 aromatic carbocycles. The number of nitrogens with two attached hydrogens (primary N) is 1. The molecule has 0 unspecified atom stereocenters. The van der Waals surface area contributed by atoms with E-state index in [0.717, 1.165) is 48.0 Å². The number of nitrogens with zero attached hydrogens (tertiary/aromatic N) is 2. The van der Waals surface area contributed by atoms with Crippen LogP contribution in [0.3, 0.4) is 0 Å². The number of carbonyl (C=O) groups is 2. The summed E-state index contributed by atoms with van der Waals surface area (Å²) in [6.07, 6.45) is 17.4. The number of fused-ring (bicyclic) bond motifs is 3. The van der Waals surface area contributed by atoms with E-state index in [4.69, 9.17) is 16.3 Å². The quantitative estimate of drug-likeness (QED) is 0.0863. The van der Waals surface area contributed by atoms with Gasteiger partial charge in [-0.05, 0) is 69.1 Å². The maximum atomic E-state index is 11.6. The fourth-order valence-corrected chi connectivity index (χ4v) is 4.67. The van der Waals surface area contributed by atoms with Gasteiger partial charge in [-0.15, -0.1) is 12.8 Å². The summed E-state index contributed by atoms with van der Waals surface area (Å²) in [5, 5.41) is 5.10. The minimum absolute atomic E-state index is 0.507. The Balaban J connectivity index is 0. The molecule has 0 atom stereocenters. The van der Waals surface area contributed by atoms with Crippen molar-refractivity contribution in [2.45, 2.75) is 81.4 Å². The van der Waals surface area contributed by atoms with E-state index in [1.807, 2.05) is 102 Å². The van der Waals surface area contributed by atoms with Gasteiger partial charge in [0, 0.05) is 16.7 Å². The molecule has 0 saturated carbocycles. The molecule has 6 nitrogen and oxygen atoms in total. The predicted octanol–water partition coefficient (Wildman–Crippen LogP) is 10.5. The summed E-state index contributed by atoms with van der Waals surface area (Å²) in [5.41, 5.74) is 12.6. The van der Waals surface area contributed by atoms with E-state index in [9.17, 15) is 9.59 Å². The van der Waals surface area contributed by atoms with Crippen LogP contribution in [0.25, 0.3) is 11.3 Å². The lowest BCUT2D eigenvalue weighted by molar-refractivity contribution is 0.111. The van der Waals surface area contributed by atoms with Crippen molar-refractivity contribution < 1.29 is 14.3 Å². The number of halogens is 1. The first-order valence-corrected chi connectivity index (χ1v) is 17.2. The SMILES string of the molecule is C#C.C/C=C(\C=C/Cn1nc(C=O)c2c1-c1cc(C)ccc1CC2)OCc1ccccc1.CC.CC.CC.CN.O=Cc1ccccc1Cl. The monoisotopic (exact) mass is 685 g/mol. The number of aryl methyl sites for hydroxylation is 2. The lowest BCUT2D eigenvalue weighted by atomic mass is 9.88. The minimum Gasteiger partial charge on any atom is -0.489 e. The second-order valence-electron chi connectivity index (χ2n) is 9.18. The molecule has 0 amide bonds. The van der Waals surface area contributed by atoms with Crippen molar-refractivity contribution in [1.29, 1.82) is 0 Å². The van der Waals surface area contributed by atoms with E-state index in [1.54, 1.807) is 24.3 Å². The highest BCUT2D eigenvalue weighted by molar-refractivity contribution is 6.32. The fraction of sp³-hybridized carbons (Fsp3) is 0.310. The molecule has 0 spiro atoms. The van der Waals surface area contributed by atoms with Crippen LogP contribution in [-0.2, 0) is 30.7 Å². The van der Waals surface area contributed by atoms with Gasteiger partial charge in [-0.2, -0.15) is 5.10 Å². The van der Waals surface area contributed by atoms with Crippen molar-refractivity contribution >= 4 is 24.2 Å². The van der Waals surface area contributed by atoms with Crippen LogP contribution in [-0.4, -0.2) is 29.4 Å². The maximum Gasteiger partial charge on any atom is 0.170 e. The van der Waals surface area contributed by atoms with Crippen LogP contribution in [0.5, 0.6) is 0 Å². The molecule has 0 fully saturated rings. The summed E-state index contributed by atoms with van der Waals surface area (Å²) in [6.45, 7) is 17.2. The molecule has 7 heteroatoms. The first-order valence-electron chi connectivity index (χ1n) is 16.8. The van der Waals surface area contributed by atoms with Gasteiger partial charge in [0.15, 0.2) is 12.6 Å². The molecule has 0 aliphatic heterocycles. The van der Waals surface area contributed by atoms with Gasteiger partial charge in [0.05, 0.1) is 17.3 Å². The van der Waals surface area contributed by atoms with Gasteiger partial charge in [-0.3, -0.25) is 14.3 Å². The molecule has 264 valence electrons. The van der Waals surface area contributed by atoms with Gasteiger partial charge in [0.2, 0.25) is 0 Å². The number of hydrogen-bond donors (Lipinski definition) is 1. The summed E-state index contributed by atoms with van der Waals surface area (Å²) < 4.78 is 7.86. The Kier molecular flexibility index (Phi) is 27.9. The Hall–Kier alpha value is -4.70. The molecule has 1 heterocycles. The lowest BCUT2D eigenvalue weighted by Gasteiger charge is -2.19. The van der Waals surface area contributed by atoms with Crippen LogP contribution in [0.1, 0.15) is 91.6 Å². The van der Waals surface area contributed by atoms with Crippen molar-refractivity contribution in [2.24, 2.45) is 5.73 Å². The number of aldehydes is 2. The summed E-state index contributed by atoms with van der Waals surface area (Å²) >= 11 is 5.59. The molecule has 1 aromatic heterocycles. The average Bonchev–Trinajstić information content (AvgIpc) is 3.56. The summed E-state index contributed by atoms with van der Waals surface area (Å²) in [7, 11) is 1.50. The van der Waals surface area contributed by atoms with E-state index >= 15 is 0 Å². The Labute approximate surface area is 301 Å². The van der Waals surface area contributed by atoms with Gasteiger partial charge in [-0.1, -0.05) is 125 Å². The lowest BCUT2D eigenvalue weighted by Crippen LogP contribution is -2.08. The van der Waals surface area contributed by atoms with Crippen molar-refractivity contribution in [3.05, 3.63) is 135 Å². The molecular weight excluding hydrogens is 630 g/mol. The van der Waals surface area contributed by atoms with E-state index in [-0.39, 0.29) is 0 Å².